The molecule has 222 valence electrons. The van der Waals surface area contributed by atoms with Crippen molar-refractivity contribution < 1.29 is 19.4 Å². The predicted octanol–water partition coefficient (Wildman–Crippen LogP) is 6.67. The smallest absolute Gasteiger partial charge is 0.266 e. The molecular weight excluding hydrogens is 662 g/mol. The first-order valence-corrected chi connectivity index (χ1v) is 16.2. The maximum absolute atomic E-state index is 14.3. The number of amides is 1. The Hall–Kier alpha value is -2.72. The third kappa shape index (κ3) is 7.43. The van der Waals surface area contributed by atoms with E-state index in [-0.39, 0.29) is 12.5 Å². The SMILES string of the molecule is O=C(NNCC1CCCCC1)[C@@]1(Cc2ccccc2Br)N=C(c2ccc(OCCCO)cc2)O[C@H]1c1ccc(Br)cc1. The number of hydrogen-bond donors (Lipinski definition) is 3. The topological polar surface area (TPSA) is 92.2 Å². The Morgan fingerprint density at radius 3 is 2.45 bits per heavy atom. The molecule has 0 radical (unpaired) electrons. The van der Waals surface area contributed by atoms with Gasteiger partial charge in [0.1, 0.15) is 5.75 Å². The molecule has 3 aromatic carbocycles. The van der Waals surface area contributed by atoms with Gasteiger partial charge in [0, 0.05) is 40.5 Å². The van der Waals surface area contributed by atoms with Crippen molar-refractivity contribution in [2.45, 2.75) is 56.6 Å². The fraction of sp³-hybridized carbons (Fsp3) is 0.394. The van der Waals surface area contributed by atoms with Crippen molar-refractivity contribution in [3.8, 4) is 5.75 Å². The van der Waals surface area contributed by atoms with Gasteiger partial charge in [0.2, 0.25) is 5.90 Å². The number of aliphatic hydroxyl groups is 1. The highest BCUT2D eigenvalue weighted by Crippen LogP contribution is 2.43. The van der Waals surface area contributed by atoms with Crippen molar-refractivity contribution in [3.05, 3.63) is 98.4 Å². The summed E-state index contributed by atoms with van der Waals surface area (Å²) < 4.78 is 14.2. The summed E-state index contributed by atoms with van der Waals surface area (Å²) in [6.45, 7) is 1.24. The highest BCUT2D eigenvalue weighted by Gasteiger charge is 2.53. The van der Waals surface area contributed by atoms with E-state index in [9.17, 15) is 4.79 Å². The molecule has 1 saturated carbocycles. The van der Waals surface area contributed by atoms with Gasteiger partial charge < -0.3 is 14.6 Å². The third-order valence-corrected chi connectivity index (χ3v) is 9.24. The second-order valence-electron chi connectivity index (χ2n) is 10.9. The van der Waals surface area contributed by atoms with Crippen LogP contribution in [0.3, 0.4) is 0 Å². The van der Waals surface area contributed by atoms with Crippen LogP contribution in [0, 0.1) is 5.92 Å². The van der Waals surface area contributed by atoms with Crippen molar-refractivity contribution in [1.29, 1.82) is 0 Å². The third-order valence-electron chi connectivity index (χ3n) is 7.94. The van der Waals surface area contributed by atoms with Crippen LogP contribution in [0.4, 0.5) is 0 Å². The lowest BCUT2D eigenvalue weighted by atomic mass is 9.82. The number of carbonyl (C=O) groups is 1. The van der Waals surface area contributed by atoms with Crippen LogP contribution in [0.25, 0.3) is 0 Å². The number of aliphatic hydroxyl groups excluding tert-OH is 1. The Morgan fingerprint density at radius 1 is 1.00 bits per heavy atom. The summed E-state index contributed by atoms with van der Waals surface area (Å²) in [6, 6.07) is 23.3. The number of halogens is 2. The second-order valence-corrected chi connectivity index (χ2v) is 12.7. The Balaban J connectivity index is 1.49. The quantitative estimate of drug-likeness (QED) is 0.145. The summed E-state index contributed by atoms with van der Waals surface area (Å²) in [5.74, 6) is 1.41. The van der Waals surface area contributed by atoms with E-state index in [0.717, 1.165) is 32.2 Å². The van der Waals surface area contributed by atoms with Crippen molar-refractivity contribution in [2.24, 2.45) is 10.9 Å². The van der Waals surface area contributed by atoms with Gasteiger partial charge >= 0.3 is 0 Å². The van der Waals surface area contributed by atoms with Gasteiger partial charge in [0.15, 0.2) is 11.6 Å². The number of benzene rings is 3. The molecule has 42 heavy (non-hydrogen) atoms. The lowest BCUT2D eigenvalue weighted by Crippen LogP contribution is -2.54. The average Bonchev–Trinajstić information content (AvgIpc) is 3.40. The number of carbonyl (C=O) groups excluding carboxylic acids is 1. The first-order chi connectivity index (χ1) is 20.5. The van der Waals surface area contributed by atoms with E-state index in [1.165, 1.54) is 32.1 Å². The molecule has 1 aliphatic carbocycles. The van der Waals surface area contributed by atoms with E-state index in [1.54, 1.807) is 0 Å². The fourth-order valence-corrected chi connectivity index (χ4v) is 6.32. The van der Waals surface area contributed by atoms with Crippen LogP contribution in [0.1, 0.15) is 61.3 Å². The highest BCUT2D eigenvalue weighted by molar-refractivity contribution is 9.10. The molecule has 0 unspecified atom stereocenters. The fourth-order valence-electron chi connectivity index (χ4n) is 5.63. The zero-order valence-corrected chi connectivity index (χ0v) is 26.7. The standard InChI is InChI=1S/C33H37Br2N3O4/c34-27-15-11-24(12-16-27)30-33(21-26-9-4-5-10-29(26)35,32(40)38-36-22-23-7-2-1-3-8-23)37-31(42-30)25-13-17-28(18-14-25)41-20-6-19-39/h4-5,9-18,23,30,36,39H,1-3,6-8,19-22H2,(H,38,40)/t30-,33-/m0/s1. The van der Waals surface area contributed by atoms with Crippen LogP contribution in [0.5, 0.6) is 5.75 Å². The molecule has 1 fully saturated rings. The molecule has 2 atom stereocenters. The lowest BCUT2D eigenvalue weighted by molar-refractivity contribution is -0.130. The molecule has 9 heteroatoms. The summed E-state index contributed by atoms with van der Waals surface area (Å²) >= 11 is 7.22. The molecule has 0 saturated heterocycles. The Bertz CT molecular complexity index is 1360. The van der Waals surface area contributed by atoms with Crippen molar-refractivity contribution in [3.63, 3.8) is 0 Å². The number of nitrogens with zero attached hydrogens (tertiary/aromatic N) is 1. The molecule has 0 aromatic heterocycles. The number of ether oxygens (including phenoxy) is 2. The number of hydrazine groups is 1. The van der Waals surface area contributed by atoms with Gasteiger partial charge in [0.25, 0.3) is 5.91 Å². The lowest BCUT2D eigenvalue weighted by Gasteiger charge is -2.31. The molecular formula is C33H37Br2N3O4. The Labute approximate surface area is 264 Å². The molecule has 7 nitrogen and oxygen atoms in total. The average molecular weight is 699 g/mol. The van der Waals surface area contributed by atoms with Crippen molar-refractivity contribution in [2.75, 3.05) is 19.8 Å². The normalized spacial score (nSPS) is 20.5. The van der Waals surface area contributed by atoms with Gasteiger partial charge in [-0.3, -0.25) is 10.2 Å². The molecule has 3 N–H and O–H groups in total. The van der Waals surface area contributed by atoms with Gasteiger partial charge in [-0.1, -0.05) is 81.5 Å². The molecule has 5 rings (SSSR count). The van der Waals surface area contributed by atoms with Gasteiger partial charge in [-0.15, -0.1) is 0 Å². The monoisotopic (exact) mass is 697 g/mol. The zero-order chi connectivity index (χ0) is 29.4. The van der Waals surface area contributed by atoms with Crippen LogP contribution in [0.2, 0.25) is 0 Å². The highest BCUT2D eigenvalue weighted by atomic mass is 79.9. The molecule has 2 aliphatic rings. The number of aliphatic imine (C=N–C) groups is 1. The molecule has 0 bridgehead atoms. The van der Waals surface area contributed by atoms with E-state index in [0.29, 0.717) is 37.0 Å². The van der Waals surface area contributed by atoms with Gasteiger partial charge in [-0.2, -0.15) is 0 Å². The number of nitrogens with one attached hydrogen (secondary N) is 2. The minimum Gasteiger partial charge on any atom is -0.494 e. The van der Waals surface area contributed by atoms with E-state index in [4.69, 9.17) is 19.6 Å². The maximum atomic E-state index is 14.3. The van der Waals surface area contributed by atoms with E-state index < -0.39 is 11.6 Å². The molecule has 1 amide bonds. The Kier molecular flexibility index (Phi) is 10.7. The molecule has 1 aliphatic heterocycles. The first-order valence-electron chi connectivity index (χ1n) is 14.6. The largest absolute Gasteiger partial charge is 0.494 e. The molecule has 3 aromatic rings. The van der Waals surface area contributed by atoms with Crippen LogP contribution < -0.4 is 15.6 Å². The molecule has 0 spiro atoms. The summed E-state index contributed by atoms with van der Waals surface area (Å²) in [4.78, 5) is 19.4. The van der Waals surface area contributed by atoms with E-state index >= 15 is 0 Å². The zero-order valence-electron chi connectivity index (χ0n) is 23.5. The van der Waals surface area contributed by atoms with Gasteiger partial charge in [-0.25, -0.2) is 10.4 Å². The summed E-state index contributed by atoms with van der Waals surface area (Å²) in [7, 11) is 0. The summed E-state index contributed by atoms with van der Waals surface area (Å²) in [5, 5.41) is 9.05. The molecule has 1 heterocycles. The van der Waals surface area contributed by atoms with Crippen LogP contribution >= 0.6 is 31.9 Å². The van der Waals surface area contributed by atoms with E-state index in [2.05, 4.69) is 42.7 Å². The van der Waals surface area contributed by atoms with E-state index in [1.807, 2.05) is 72.8 Å². The summed E-state index contributed by atoms with van der Waals surface area (Å²) in [5.41, 5.74) is 7.58. The van der Waals surface area contributed by atoms with Crippen LogP contribution in [-0.4, -0.2) is 42.2 Å². The minimum atomic E-state index is -1.27. The van der Waals surface area contributed by atoms with Gasteiger partial charge in [0.05, 0.1) is 6.61 Å². The van der Waals surface area contributed by atoms with Crippen LogP contribution in [0.15, 0.2) is 86.7 Å². The first kappa shape index (κ1) is 30.7. The van der Waals surface area contributed by atoms with Gasteiger partial charge in [-0.05, 0) is 72.4 Å². The predicted molar refractivity (Wildman–Crippen MR) is 171 cm³/mol. The van der Waals surface area contributed by atoms with Crippen LogP contribution in [-0.2, 0) is 16.0 Å². The number of hydrogen-bond acceptors (Lipinski definition) is 6. The van der Waals surface area contributed by atoms with Crippen molar-refractivity contribution >= 4 is 43.7 Å². The number of rotatable bonds is 12. The van der Waals surface area contributed by atoms with Crippen molar-refractivity contribution in [1.82, 2.24) is 10.9 Å². The summed E-state index contributed by atoms with van der Waals surface area (Å²) in [6.07, 6.45) is 6.36. The maximum Gasteiger partial charge on any atom is 0.266 e. The minimum absolute atomic E-state index is 0.0807. The second kappa shape index (κ2) is 14.6. The Morgan fingerprint density at radius 2 is 1.74 bits per heavy atom.